The van der Waals surface area contributed by atoms with Crippen LogP contribution in [0.5, 0.6) is 0 Å². The minimum atomic E-state index is -0.127. The van der Waals surface area contributed by atoms with Crippen LogP contribution in [0.3, 0.4) is 0 Å². The third-order valence-electron chi connectivity index (χ3n) is 3.43. The summed E-state index contributed by atoms with van der Waals surface area (Å²) in [6.07, 6.45) is 3.26. The highest BCUT2D eigenvalue weighted by molar-refractivity contribution is 7.10. The molecule has 1 heterocycles. The number of amides is 1. The zero-order valence-electron chi connectivity index (χ0n) is 13.2. The van der Waals surface area contributed by atoms with Gasteiger partial charge in [-0.15, -0.1) is 11.3 Å². The summed E-state index contributed by atoms with van der Waals surface area (Å²) in [5.41, 5.74) is 1.50. The second-order valence-corrected chi connectivity index (χ2v) is 6.29. The Labute approximate surface area is 140 Å². The third-order valence-corrected chi connectivity index (χ3v) is 4.41. The van der Waals surface area contributed by atoms with Crippen molar-refractivity contribution in [1.29, 1.82) is 5.26 Å². The monoisotopic (exact) mass is 325 g/mol. The first-order valence-corrected chi connectivity index (χ1v) is 8.14. The molecule has 5 heteroatoms. The lowest BCUT2D eigenvalue weighted by molar-refractivity contribution is -0.116. The maximum Gasteiger partial charge on any atom is 0.244 e. The second kappa shape index (κ2) is 8.28. The van der Waals surface area contributed by atoms with Gasteiger partial charge in [0.15, 0.2) is 0 Å². The average molecular weight is 325 g/mol. The van der Waals surface area contributed by atoms with Crippen molar-refractivity contribution in [3.63, 3.8) is 0 Å². The summed E-state index contributed by atoms with van der Waals surface area (Å²) in [4.78, 5) is 15.3. The summed E-state index contributed by atoms with van der Waals surface area (Å²) < 4.78 is 0. The van der Waals surface area contributed by atoms with E-state index in [0.29, 0.717) is 12.1 Å². The second-order valence-electron chi connectivity index (χ2n) is 5.31. The molecule has 0 saturated carbocycles. The normalized spacial score (nSPS) is 12.3. The quantitative estimate of drug-likeness (QED) is 0.831. The molecule has 0 aliphatic rings. The number of carbonyl (C=O) groups excluding carboxylic acids is 1. The average Bonchev–Trinajstić information content (AvgIpc) is 3.07. The van der Waals surface area contributed by atoms with E-state index in [2.05, 4.69) is 22.4 Å². The summed E-state index contributed by atoms with van der Waals surface area (Å²) in [5, 5.41) is 13.7. The number of nitriles is 1. The fraction of sp³-hybridized carbons (Fsp3) is 0.222. The molecule has 0 spiro atoms. The molecule has 2 aromatic rings. The molecular weight excluding hydrogens is 306 g/mol. The number of nitrogens with zero attached hydrogens (tertiary/aromatic N) is 2. The van der Waals surface area contributed by atoms with Crippen LogP contribution < -0.4 is 5.32 Å². The zero-order chi connectivity index (χ0) is 16.7. The van der Waals surface area contributed by atoms with E-state index in [1.165, 1.54) is 11.0 Å². The van der Waals surface area contributed by atoms with Crippen LogP contribution >= 0.6 is 11.3 Å². The lowest BCUT2D eigenvalue weighted by atomic mass is 10.1. The molecule has 1 aromatic heterocycles. The number of thiophene rings is 1. The van der Waals surface area contributed by atoms with E-state index < -0.39 is 0 Å². The highest BCUT2D eigenvalue weighted by Gasteiger charge is 2.15. The van der Waals surface area contributed by atoms with Crippen LogP contribution in [0, 0.1) is 11.3 Å². The fourth-order valence-electron chi connectivity index (χ4n) is 2.12. The molecule has 0 saturated heterocycles. The minimum Gasteiger partial charge on any atom is -0.351 e. The summed E-state index contributed by atoms with van der Waals surface area (Å²) in [6, 6.07) is 13.4. The molecule has 0 aliphatic carbocycles. The Morgan fingerprint density at radius 1 is 1.35 bits per heavy atom. The summed E-state index contributed by atoms with van der Waals surface area (Å²) in [5.74, 6) is -0.127. The maximum atomic E-state index is 12.0. The summed E-state index contributed by atoms with van der Waals surface area (Å²) in [6.45, 7) is 0.560. The Kier molecular flexibility index (Phi) is 6.10. The van der Waals surface area contributed by atoms with Crippen molar-refractivity contribution >= 4 is 23.3 Å². The minimum absolute atomic E-state index is 0.127. The van der Waals surface area contributed by atoms with Crippen LogP contribution in [0.1, 0.15) is 22.0 Å². The Bertz CT molecular complexity index is 697. The van der Waals surface area contributed by atoms with Gasteiger partial charge in [0, 0.05) is 17.5 Å². The van der Waals surface area contributed by atoms with E-state index in [1.807, 2.05) is 37.7 Å². The van der Waals surface area contributed by atoms with Gasteiger partial charge in [-0.3, -0.25) is 4.79 Å². The van der Waals surface area contributed by atoms with Crippen LogP contribution in [-0.4, -0.2) is 31.4 Å². The first-order chi connectivity index (χ1) is 11.1. The van der Waals surface area contributed by atoms with Gasteiger partial charge in [-0.25, -0.2) is 0 Å². The van der Waals surface area contributed by atoms with E-state index in [1.54, 1.807) is 29.5 Å². The van der Waals surface area contributed by atoms with Gasteiger partial charge in [-0.05, 0) is 49.3 Å². The smallest absolute Gasteiger partial charge is 0.244 e. The molecule has 0 unspecified atom stereocenters. The van der Waals surface area contributed by atoms with Gasteiger partial charge in [-0.2, -0.15) is 5.26 Å². The van der Waals surface area contributed by atoms with E-state index >= 15 is 0 Å². The van der Waals surface area contributed by atoms with Gasteiger partial charge in [0.25, 0.3) is 0 Å². The van der Waals surface area contributed by atoms with Gasteiger partial charge >= 0.3 is 0 Å². The first kappa shape index (κ1) is 16.9. The molecule has 1 aromatic carbocycles. The maximum absolute atomic E-state index is 12.0. The van der Waals surface area contributed by atoms with Crippen molar-refractivity contribution in [2.45, 2.75) is 6.04 Å². The zero-order valence-corrected chi connectivity index (χ0v) is 14.0. The Balaban J connectivity index is 1.91. The van der Waals surface area contributed by atoms with Gasteiger partial charge in [-0.1, -0.05) is 18.2 Å². The van der Waals surface area contributed by atoms with Crippen molar-refractivity contribution in [1.82, 2.24) is 10.2 Å². The molecular formula is C18H19N3OS. The Morgan fingerprint density at radius 2 is 2.09 bits per heavy atom. The van der Waals surface area contributed by atoms with Crippen LogP contribution in [0.25, 0.3) is 6.08 Å². The summed E-state index contributed by atoms with van der Waals surface area (Å²) in [7, 11) is 4.01. The van der Waals surface area contributed by atoms with Crippen molar-refractivity contribution in [2.75, 3.05) is 20.6 Å². The van der Waals surface area contributed by atoms with Crippen molar-refractivity contribution < 1.29 is 4.79 Å². The van der Waals surface area contributed by atoms with Crippen molar-refractivity contribution in [3.8, 4) is 6.07 Å². The fourth-order valence-corrected chi connectivity index (χ4v) is 3.04. The summed E-state index contributed by atoms with van der Waals surface area (Å²) >= 11 is 1.69. The van der Waals surface area contributed by atoms with Crippen molar-refractivity contribution in [2.24, 2.45) is 0 Å². The lowest BCUT2D eigenvalue weighted by Gasteiger charge is -2.23. The standard InChI is InChI=1S/C18H19N3OS/c1-21(2)16(17-4-3-11-23-17)13-20-18(22)10-9-14-5-7-15(12-19)8-6-14/h3-11,16H,13H2,1-2H3,(H,20,22)/b10-9+/t16-/m1/s1. The molecule has 1 N–H and O–H groups in total. The number of hydrogen-bond acceptors (Lipinski definition) is 4. The number of carbonyl (C=O) groups is 1. The SMILES string of the molecule is CN(C)[C@H](CNC(=O)/C=C/c1ccc(C#N)cc1)c1cccs1. The molecule has 23 heavy (non-hydrogen) atoms. The van der Waals surface area contributed by atoms with Crippen LogP contribution in [0.15, 0.2) is 47.9 Å². The van der Waals surface area contributed by atoms with Crippen LogP contribution in [-0.2, 0) is 4.79 Å². The highest BCUT2D eigenvalue weighted by Crippen LogP contribution is 2.22. The van der Waals surface area contributed by atoms with Gasteiger partial charge in [0.05, 0.1) is 17.7 Å². The van der Waals surface area contributed by atoms with E-state index in [0.717, 1.165) is 5.56 Å². The molecule has 1 atom stereocenters. The molecule has 1 amide bonds. The number of benzene rings is 1. The Hall–Kier alpha value is -2.42. The molecule has 0 aliphatic heterocycles. The van der Waals surface area contributed by atoms with E-state index in [-0.39, 0.29) is 11.9 Å². The van der Waals surface area contributed by atoms with E-state index in [9.17, 15) is 4.79 Å². The molecule has 0 bridgehead atoms. The van der Waals surface area contributed by atoms with Crippen LogP contribution in [0.4, 0.5) is 0 Å². The molecule has 0 fully saturated rings. The molecule has 118 valence electrons. The van der Waals surface area contributed by atoms with E-state index in [4.69, 9.17) is 5.26 Å². The highest BCUT2D eigenvalue weighted by atomic mass is 32.1. The Morgan fingerprint density at radius 3 is 2.65 bits per heavy atom. The number of likely N-dealkylation sites (N-methyl/N-ethyl adjacent to an activating group) is 1. The first-order valence-electron chi connectivity index (χ1n) is 7.26. The van der Waals surface area contributed by atoms with Gasteiger partial charge in [0.1, 0.15) is 0 Å². The third kappa shape index (κ3) is 5.06. The topological polar surface area (TPSA) is 56.1 Å². The number of rotatable bonds is 6. The predicted octanol–water partition coefficient (Wildman–Crippen LogP) is 3.05. The largest absolute Gasteiger partial charge is 0.351 e. The molecule has 2 rings (SSSR count). The molecule has 4 nitrogen and oxygen atoms in total. The van der Waals surface area contributed by atoms with Gasteiger partial charge < -0.3 is 10.2 Å². The van der Waals surface area contributed by atoms with Gasteiger partial charge in [0.2, 0.25) is 5.91 Å². The van der Waals surface area contributed by atoms with Crippen molar-refractivity contribution in [3.05, 3.63) is 63.9 Å². The molecule has 0 radical (unpaired) electrons. The predicted molar refractivity (Wildman–Crippen MR) is 93.9 cm³/mol. The number of hydrogen-bond donors (Lipinski definition) is 1. The van der Waals surface area contributed by atoms with Crippen LogP contribution in [0.2, 0.25) is 0 Å². The number of nitrogens with one attached hydrogen (secondary N) is 1. The lowest BCUT2D eigenvalue weighted by Crippen LogP contribution is -2.33.